The molecule has 0 aliphatic rings. The summed E-state index contributed by atoms with van der Waals surface area (Å²) < 4.78 is 13.1. The van der Waals surface area contributed by atoms with Crippen LogP contribution in [0.25, 0.3) is 0 Å². The quantitative estimate of drug-likeness (QED) is 0.681. The summed E-state index contributed by atoms with van der Waals surface area (Å²) in [4.78, 5) is 4.08. The Morgan fingerprint density at radius 3 is 2.05 bits per heavy atom. The first-order valence-corrected chi connectivity index (χ1v) is 7.93. The highest BCUT2D eigenvalue weighted by molar-refractivity contribution is 5.24. The zero-order chi connectivity index (χ0) is 16.2. The molecule has 2 rings (SSSR count). The van der Waals surface area contributed by atoms with Crippen molar-refractivity contribution in [2.24, 2.45) is 5.41 Å². The van der Waals surface area contributed by atoms with Crippen molar-refractivity contribution < 1.29 is 4.39 Å². The topological polar surface area (TPSA) is 12.9 Å². The van der Waals surface area contributed by atoms with E-state index in [1.54, 1.807) is 12.1 Å². The first-order valence-electron chi connectivity index (χ1n) is 7.93. The SMILES string of the molecule is CC(C)(CCC(C)(C)c1ccc(F)cc1)Cc1ccncc1. The second kappa shape index (κ2) is 6.60. The summed E-state index contributed by atoms with van der Waals surface area (Å²) in [7, 11) is 0. The van der Waals surface area contributed by atoms with E-state index in [0.717, 1.165) is 19.3 Å². The average Bonchev–Trinajstić information content (AvgIpc) is 2.47. The maximum absolute atomic E-state index is 13.1. The maximum Gasteiger partial charge on any atom is 0.123 e. The third-order valence-electron chi connectivity index (χ3n) is 4.48. The summed E-state index contributed by atoms with van der Waals surface area (Å²) in [6.45, 7) is 9.11. The van der Waals surface area contributed by atoms with Gasteiger partial charge in [0.25, 0.3) is 0 Å². The van der Waals surface area contributed by atoms with Crippen molar-refractivity contribution in [1.82, 2.24) is 4.98 Å². The maximum atomic E-state index is 13.1. The van der Waals surface area contributed by atoms with Gasteiger partial charge in [0.1, 0.15) is 5.82 Å². The molecule has 0 aliphatic heterocycles. The molecule has 0 bridgehead atoms. The van der Waals surface area contributed by atoms with Crippen molar-refractivity contribution >= 4 is 0 Å². The minimum Gasteiger partial charge on any atom is -0.265 e. The minimum atomic E-state index is -0.169. The van der Waals surface area contributed by atoms with E-state index >= 15 is 0 Å². The smallest absolute Gasteiger partial charge is 0.123 e. The van der Waals surface area contributed by atoms with E-state index in [1.807, 2.05) is 24.5 Å². The van der Waals surface area contributed by atoms with Gasteiger partial charge < -0.3 is 0 Å². The van der Waals surface area contributed by atoms with Crippen LogP contribution in [0.5, 0.6) is 0 Å². The van der Waals surface area contributed by atoms with E-state index in [9.17, 15) is 4.39 Å². The van der Waals surface area contributed by atoms with Crippen molar-refractivity contribution in [3.63, 3.8) is 0 Å². The first-order chi connectivity index (χ1) is 10.3. The lowest BCUT2D eigenvalue weighted by Gasteiger charge is -2.32. The van der Waals surface area contributed by atoms with Gasteiger partial charge in [0.05, 0.1) is 0 Å². The van der Waals surface area contributed by atoms with Gasteiger partial charge >= 0.3 is 0 Å². The minimum absolute atomic E-state index is 0.0587. The van der Waals surface area contributed by atoms with Crippen molar-refractivity contribution in [2.45, 2.75) is 52.4 Å². The van der Waals surface area contributed by atoms with Gasteiger partial charge in [-0.25, -0.2) is 4.39 Å². The molecule has 0 amide bonds. The number of aromatic nitrogens is 1. The Morgan fingerprint density at radius 2 is 1.45 bits per heavy atom. The molecule has 0 radical (unpaired) electrons. The van der Waals surface area contributed by atoms with Gasteiger partial charge in [0, 0.05) is 12.4 Å². The highest BCUT2D eigenvalue weighted by Gasteiger charge is 2.26. The predicted molar refractivity (Wildman–Crippen MR) is 90.4 cm³/mol. The molecular formula is C20H26FN. The van der Waals surface area contributed by atoms with E-state index in [4.69, 9.17) is 0 Å². The van der Waals surface area contributed by atoms with Crippen LogP contribution in [0.2, 0.25) is 0 Å². The molecule has 0 fully saturated rings. The molecule has 118 valence electrons. The third kappa shape index (κ3) is 4.66. The highest BCUT2D eigenvalue weighted by atomic mass is 19.1. The number of benzene rings is 1. The van der Waals surface area contributed by atoms with E-state index in [-0.39, 0.29) is 16.6 Å². The fourth-order valence-corrected chi connectivity index (χ4v) is 2.84. The Morgan fingerprint density at radius 1 is 0.864 bits per heavy atom. The highest BCUT2D eigenvalue weighted by Crippen LogP contribution is 2.35. The zero-order valence-electron chi connectivity index (χ0n) is 14.1. The van der Waals surface area contributed by atoms with Crippen molar-refractivity contribution in [1.29, 1.82) is 0 Å². The van der Waals surface area contributed by atoms with E-state index in [0.29, 0.717) is 0 Å². The third-order valence-corrected chi connectivity index (χ3v) is 4.48. The Labute approximate surface area is 133 Å². The molecule has 1 aromatic carbocycles. The Hall–Kier alpha value is -1.70. The summed E-state index contributed by atoms with van der Waals surface area (Å²) >= 11 is 0. The Kier molecular flexibility index (Phi) is 5.00. The van der Waals surface area contributed by atoms with Gasteiger partial charge in [-0.05, 0) is 65.5 Å². The van der Waals surface area contributed by atoms with Crippen LogP contribution in [0.1, 0.15) is 51.7 Å². The monoisotopic (exact) mass is 299 g/mol. The molecule has 2 heteroatoms. The van der Waals surface area contributed by atoms with Gasteiger partial charge in [-0.1, -0.05) is 39.8 Å². The van der Waals surface area contributed by atoms with Gasteiger partial charge in [-0.2, -0.15) is 0 Å². The molecule has 0 aliphatic carbocycles. The summed E-state index contributed by atoms with van der Waals surface area (Å²) in [6.07, 6.45) is 6.97. The van der Waals surface area contributed by atoms with Crippen LogP contribution in [0, 0.1) is 11.2 Å². The number of rotatable bonds is 6. The average molecular weight is 299 g/mol. The molecule has 1 nitrogen and oxygen atoms in total. The number of pyridine rings is 1. The van der Waals surface area contributed by atoms with Crippen LogP contribution in [-0.2, 0) is 11.8 Å². The summed E-state index contributed by atoms with van der Waals surface area (Å²) in [6, 6.07) is 11.1. The van der Waals surface area contributed by atoms with E-state index in [1.165, 1.54) is 11.1 Å². The molecule has 0 saturated heterocycles. The van der Waals surface area contributed by atoms with Gasteiger partial charge in [-0.15, -0.1) is 0 Å². The van der Waals surface area contributed by atoms with Crippen LogP contribution >= 0.6 is 0 Å². The molecular weight excluding hydrogens is 273 g/mol. The van der Waals surface area contributed by atoms with E-state index < -0.39 is 0 Å². The van der Waals surface area contributed by atoms with Crippen LogP contribution < -0.4 is 0 Å². The molecule has 0 N–H and O–H groups in total. The summed E-state index contributed by atoms with van der Waals surface area (Å²) in [5.41, 5.74) is 2.83. The van der Waals surface area contributed by atoms with Gasteiger partial charge in [-0.3, -0.25) is 4.98 Å². The molecule has 0 saturated carbocycles. The molecule has 0 unspecified atom stereocenters. The van der Waals surface area contributed by atoms with Crippen LogP contribution in [0.3, 0.4) is 0 Å². The zero-order valence-corrected chi connectivity index (χ0v) is 14.1. The Bertz CT molecular complexity index is 585. The van der Waals surface area contributed by atoms with Gasteiger partial charge in [0.2, 0.25) is 0 Å². The largest absolute Gasteiger partial charge is 0.265 e. The molecule has 22 heavy (non-hydrogen) atoms. The lowest BCUT2D eigenvalue weighted by Crippen LogP contribution is -2.23. The lowest BCUT2D eigenvalue weighted by molar-refractivity contribution is 0.285. The van der Waals surface area contributed by atoms with E-state index in [2.05, 4.69) is 44.8 Å². The second-order valence-corrected chi connectivity index (χ2v) is 7.59. The standard InChI is InChI=1S/C20H26FN/c1-19(2,15-16-9-13-22-14-10-16)11-12-20(3,4)17-5-7-18(21)8-6-17/h5-10,13-14H,11-12,15H2,1-4H3. The fraction of sp³-hybridized carbons (Fsp3) is 0.450. The van der Waals surface area contributed by atoms with Crippen LogP contribution in [-0.4, -0.2) is 4.98 Å². The summed E-state index contributed by atoms with van der Waals surface area (Å²) in [5, 5.41) is 0. The normalized spacial score (nSPS) is 12.4. The number of nitrogens with zero attached hydrogens (tertiary/aromatic N) is 1. The van der Waals surface area contributed by atoms with Crippen LogP contribution in [0.4, 0.5) is 4.39 Å². The molecule has 0 spiro atoms. The first kappa shape index (κ1) is 16.7. The molecule has 2 aromatic rings. The number of hydrogen-bond acceptors (Lipinski definition) is 1. The molecule has 0 atom stereocenters. The molecule has 1 aromatic heterocycles. The molecule has 1 heterocycles. The second-order valence-electron chi connectivity index (χ2n) is 7.59. The number of halogens is 1. The Balaban J connectivity index is 1.99. The van der Waals surface area contributed by atoms with Crippen molar-refractivity contribution in [2.75, 3.05) is 0 Å². The van der Waals surface area contributed by atoms with Crippen molar-refractivity contribution in [3.8, 4) is 0 Å². The van der Waals surface area contributed by atoms with Crippen molar-refractivity contribution in [3.05, 3.63) is 65.7 Å². The predicted octanol–water partition coefficient (Wildman–Crippen LogP) is 5.55. The fourth-order valence-electron chi connectivity index (χ4n) is 2.84. The lowest BCUT2D eigenvalue weighted by atomic mass is 9.73. The number of hydrogen-bond donors (Lipinski definition) is 0. The van der Waals surface area contributed by atoms with Gasteiger partial charge in [0.15, 0.2) is 0 Å². The van der Waals surface area contributed by atoms with Crippen LogP contribution in [0.15, 0.2) is 48.8 Å². The summed E-state index contributed by atoms with van der Waals surface area (Å²) in [5.74, 6) is -0.169.